The highest BCUT2D eigenvalue weighted by Gasteiger charge is 2.18. The summed E-state index contributed by atoms with van der Waals surface area (Å²) in [4.78, 5) is 35.7. The van der Waals surface area contributed by atoms with Crippen LogP contribution in [0.1, 0.15) is 26.3 Å². The van der Waals surface area contributed by atoms with Crippen molar-refractivity contribution in [1.29, 1.82) is 0 Å². The van der Waals surface area contributed by atoms with E-state index in [0.29, 0.717) is 10.7 Å². The molecular weight excluding hydrogens is 429 g/mol. The van der Waals surface area contributed by atoms with Crippen molar-refractivity contribution in [3.05, 3.63) is 97.5 Å². The number of nitrogens with one attached hydrogen (secondary N) is 2. The number of anilines is 2. The molecule has 0 heterocycles. The number of halogens is 2. The highest BCUT2D eigenvalue weighted by Crippen LogP contribution is 2.26. The van der Waals surface area contributed by atoms with Gasteiger partial charge in [0.1, 0.15) is 0 Å². The normalized spacial score (nSPS) is 10.4. The van der Waals surface area contributed by atoms with Crippen molar-refractivity contribution < 1.29 is 14.5 Å². The third-order valence-corrected chi connectivity index (χ3v) is 4.82. The highest BCUT2D eigenvalue weighted by molar-refractivity contribution is 6.34. The standard InChI is InChI=1S/C21H15Cl2N3O4/c1-12-6-7-13(22)10-19(12)25-21(28)16-4-2-3-5-18(16)24-20(27)15-9-8-14(26(29)30)11-17(15)23/h2-11H,1H3,(H,24,27)(H,25,28). The molecule has 0 saturated carbocycles. The molecule has 0 spiro atoms. The maximum atomic E-state index is 12.8. The molecule has 3 aromatic rings. The van der Waals surface area contributed by atoms with Gasteiger partial charge in [0.15, 0.2) is 0 Å². The molecule has 2 amide bonds. The molecule has 0 aromatic heterocycles. The second-order valence-electron chi connectivity index (χ2n) is 6.33. The zero-order valence-electron chi connectivity index (χ0n) is 15.6. The fraction of sp³-hybridized carbons (Fsp3) is 0.0476. The Balaban J connectivity index is 1.85. The number of aryl methyl sites for hydroxylation is 1. The molecule has 0 radical (unpaired) electrons. The monoisotopic (exact) mass is 443 g/mol. The van der Waals surface area contributed by atoms with Gasteiger partial charge in [-0.05, 0) is 42.8 Å². The molecule has 9 heteroatoms. The van der Waals surface area contributed by atoms with E-state index in [2.05, 4.69) is 10.6 Å². The molecule has 0 aliphatic heterocycles. The molecule has 3 rings (SSSR count). The Morgan fingerprint density at radius 1 is 0.867 bits per heavy atom. The number of hydrogen-bond acceptors (Lipinski definition) is 4. The zero-order chi connectivity index (χ0) is 21.8. The van der Waals surface area contributed by atoms with Crippen LogP contribution in [0.3, 0.4) is 0 Å². The highest BCUT2D eigenvalue weighted by atomic mass is 35.5. The summed E-state index contributed by atoms with van der Waals surface area (Å²) in [7, 11) is 0. The number of nitro benzene ring substituents is 1. The van der Waals surface area contributed by atoms with Crippen molar-refractivity contribution in [2.75, 3.05) is 10.6 Å². The van der Waals surface area contributed by atoms with Crippen LogP contribution in [-0.4, -0.2) is 16.7 Å². The summed E-state index contributed by atoms with van der Waals surface area (Å²) >= 11 is 12.0. The number of nitro groups is 1. The van der Waals surface area contributed by atoms with Crippen molar-refractivity contribution >= 4 is 52.1 Å². The van der Waals surface area contributed by atoms with Gasteiger partial charge < -0.3 is 10.6 Å². The fourth-order valence-electron chi connectivity index (χ4n) is 2.70. The predicted octanol–water partition coefficient (Wildman–Crippen LogP) is 5.71. The van der Waals surface area contributed by atoms with Crippen LogP contribution in [-0.2, 0) is 0 Å². The van der Waals surface area contributed by atoms with E-state index < -0.39 is 16.7 Å². The summed E-state index contributed by atoms with van der Waals surface area (Å²) in [6.45, 7) is 1.83. The van der Waals surface area contributed by atoms with Gasteiger partial charge in [-0.1, -0.05) is 41.4 Å². The molecule has 2 N–H and O–H groups in total. The van der Waals surface area contributed by atoms with Crippen LogP contribution in [0.15, 0.2) is 60.7 Å². The van der Waals surface area contributed by atoms with Crippen LogP contribution in [0.4, 0.5) is 17.1 Å². The second-order valence-corrected chi connectivity index (χ2v) is 7.18. The summed E-state index contributed by atoms with van der Waals surface area (Å²) in [6, 6.07) is 15.1. The molecule has 7 nitrogen and oxygen atoms in total. The van der Waals surface area contributed by atoms with E-state index >= 15 is 0 Å². The number of carbonyl (C=O) groups is 2. The minimum Gasteiger partial charge on any atom is -0.322 e. The molecule has 0 aliphatic carbocycles. The number of rotatable bonds is 5. The van der Waals surface area contributed by atoms with Gasteiger partial charge in [-0.3, -0.25) is 19.7 Å². The van der Waals surface area contributed by atoms with Crippen LogP contribution in [0.2, 0.25) is 10.0 Å². The third-order valence-electron chi connectivity index (χ3n) is 4.28. The van der Waals surface area contributed by atoms with E-state index in [1.807, 2.05) is 6.92 Å². The Labute approximate surface area is 181 Å². The Kier molecular flexibility index (Phi) is 6.34. The quantitative estimate of drug-likeness (QED) is 0.389. The topological polar surface area (TPSA) is 101 Å². The Hall–Kier alpha value is -3.42. The smallest absolute Gasteiger partial charge is 0.270 e. The number of carbonyl (C=O) groups excluding carboxylic acids is 2. The number of benzene rings is 3. The number of nitrogens with zero attached hydrogens (tertiary/aromatic N) is 1. The molecule has 0 unspecified atom stereocenters. The van der Waals surface area contributed by atoms with E-state index in [1.165, 1.54) is 12.1 Å². The van der Waals surface area contributed by atoms with Crippen LogP contribution in [0.25, 0.3) is 0 Å². The summed E-state index contributed by atoms with van der Waals surface area (Å²) in [5.74, 6) is -1.04. The Bertz CT molecular complexity index is 1160. The molecular formula is C21H15Cl2N3O4. The summed E-state index contributed by atoms with van der Waals surface area (Å²) in [5, 5.41) is 16.6. The predicted molar refractivity (Wildman–Crippen MR) is 117 cm³/mol. The molecule has 30 heavy (non-hydrogen) atoms. The van der Waals surface area contributed by atoms with Crippen molar-refractivity contribution in [2.24, 2.45) is 0 Å². The van der Waals surface area contributed by atoms with Gasteiger partial charge in [-0.15, -0.1) is 0 Å². The SMILES string of the molecule is Cc1ccc(Cl)cc1NC(=O)c1ccccc1NC(=O)c1ccc([N+](=O)[O-])cc1Cl. The lowest BCUT2D eigenvalue weighted by atomic mass is 10.1. The molecule has 152 valence electrons. The minimum atomic E-state index is -0.606. The fourth-order valence-corrected chi connectivity index (χ4v) is 3.13. The number of amides is 2. The van der Waals surface area contributed by atoms with Crippen LogP contribution in [0, 0.1) is 17.0 Å². The zero-order valence-corrected chi connectivity index (χ0v) is 17.1. The largest absolute Gasteiger partial charge is 0.322 e. The summed E-state index contributed by atoms with van der Waals surface area (Å²) in [5.41, 5.74) is 1.67. The maximum absolute atomic E-state index is 12.8. The second kappa shape index (κ2) is 8.94. The van der Waals surface area contributed by atoms with Crippen molar-refractivity contribution in [2.45, 2.75) is 6.92 Å². The molecule has 3 aromatic carbocycles. The molecule has 0 saturated heterocycles. The molecule has 0 aliphatic rings. The van der Waals surface area contributed by atoms with Crippen molar-refractivity contribution in [3.8, 4) is 0 Å². The van der Waals surface area contributed by atoms with Gasteiger partial charge in [0.2, 0.25) is 0 Å². The van der Waals surface area contributed by atoms with Crippen molar-refractivity contribution in [3.63, 3.8) is 0 Å². The van der Waals surface area contributed by atoms with E-state index in [0.717, 1.165) is 11.6 Å². The van der Waals surface area contributed by atoms with E-state index in [-0.39, 0.29) is 27.5 Å². The third kappa shape index (κ3) is 4.76. The van der Waals surface area contributed by atoms with Gasteiger partial charge in [0, 0.05) is 22.8 Å². The molecule has 0 bridgehead atoms. The van der Waals surface area contributed by atoms with E-state index in [9.17, 15) is 19.7 Å². The van der Waals surface area contributed by atoms with Crippen LogP contribution < -0.4 is 10.6 Å². The summed E-state index contributed by atoms with van der Waals surface area (Å²) < 4.78 is 0. The first-order chi connectivity index (χ1) is 14.3. The first-order valence-corrected chi connectivity index (χ1v) is 9.43. The lowest BCUT2D eigenvalue weighted by Gasteiger charge is -2.13. The number of hydrogen-bond donors (Lipinski definition) is 2. The number of non-ortho nitro benzene ring substituents is 1. The van der Waals surface area contributed by atoms with Gasteiger partial charge in [0.05, 0.1) is 26.8 Å². The average molecular weight is 444 g/mol. The van der Waals surface area contributed by atoms with Gasteiger partial charge in [-0.25, -0.2) is 0 Å². The minimum absolute atomic E-state index is 0.0446. The van der Waals surface area contributed by atoms with Gasteiger partial charge in [-0.2, -0.15) is 0 Å². The van der Waals surface area contributed by atoms with Gasteiger partial charge >= 0.3 is 0 Å². The van der Waals surface area contributed by atoms with E-state index in [4.69, 9.17) is 23.2 Å². The maximum Gasteiger partial charge on any atom is 0.270 e. The summed E-state index contributed by atoms with van der Waals surface area (Å²) in [6.07, 6.45) is 0. The van der Waals surface area contributed by atoms with Crippen molar-refractivity contribution in [1.82, 2.24) is 0 Å². The number of para-hydroxylation sites is 1. The van der Waals surface area contributed by atoms with Crippen LogP contribution >= 0.6 is 23.2 Å². The Morgan fingerprint density at radius 2 is 1.53 bits per heavy atom. The lowest BCUT2D eigenvalue weighted by molar-refractivity contribution is -0.384. The molecule has 0 atom stereocenters. The first-order valence-electron chi connectivity index (χ1n) is 8.68. The van der Waals surface area contributed by atoms with E-state index in [1.54, 1.807) is 42.5 Å². The first kappa shape index (κ1) is 21.3. The molecule has 0 fully saturated rings. The lowest BCUT2D eigenvalue weighted by Crippen LogP contribution is -2.19. The van der Waals surface area contributed by atoms with Crippen LogP contribution in [0.5, 0.6) is 0 Å². The van der Waals surface area contributed by atoms with Gasteiger partial charge in [0.25, 0.3) is 17.5 Å². The Morgan fingerprint density at radius 3 is 2.23 bits per heavy atom. The average Bonchev–Trinajstić information content (AvgIpc) is 2.70.